The molecular weight excluding hydrogens is 338 g/mol. The van der Waals surface area contributed by atoms with Crippen LogP contribution in [0.15, 0.2) is 27.4 Å². The molecule has 138 valence electrons. The number of aryl methyl sites for hydroxylation is 1. The molecule has 1 amide bonds. The predicted molar refractivity (Wildman–Crippen MR) is 91.8 cm³/mol. The van der Waals surface area contributed by atoms with Crippen LogP contribution in [-0.4, -0.2) is 24.5 Å². The molecule has 0 aliphatic heterocycles. The molecule has 7 nitrogen and oxygen atoms in total. The van der Waals surface area contributed by atoms with Crippen molar-refractivity contribution in [1.82, 2.24) is 5.32 Å². The summed E-state index contributed by atoms with van der Waals surface area (Å²) >= 11 is 0. The van der Waals surface area contributed by atoms with Gasteiger partial charge in [0.05, 0.1) is 0 Å². The van der Waals surface area contributed by atoms with Crippen molar-refractivity contribution in [2.24, 2.45) is 0 Å². The number of fused-ring (bicyclic) bond motifs is 3. The molecule has 1 heterocycles. The van der Waals surface area contributed by atoms with Crippen molar-refractivity contribution in [3.05, 3.63) is 39.7 Å². The Labute approximate surface area is 150 Å². The van der Waals surface area contributed by atoms with Crippen molar-refractivity contribution >= 4 is 22.8 Å². The van der Waals surface area contributed by atoms with Crippen molar-refractivity contribution in [1.29, 1.82) is 0 Å². The fourth-order valence-electron chi connectivity index (χ4n) is 3.18. The Bertz CT molecular complexity index is 901. The van der Waals surface area contributed by atoms with E-state index in [4.69, 9.17) is 9.15 Å². The quantitative estimate of drug-likeness (QED) is 0.576. The second-order valence-corrected chi connectivity index (χ2v) is 6.38. The van der Waals surface area contributed by atoms with Crippen LogP contribution >= 0.6 is 0 Å². The van der Waals surface area contributed by atoms with E-state index < -0.39 is 12.1 Å². The number of carboxylic acid groups (broad SMARTS) is 1. The van der Waals surface area contributed by atoms with E-state index >= 15 is 0 Å². The number of ether oxygens (including phenoxy) is 1. The summed E-state index contributed by atoms with van der Waals surface area (Å²) in [7, 11) is 0. The van der Waals surface area contributed by atoms with E-state index in [-0.39, 0.29) is 24.5 Å². The molecule has 1 N–H and O–H groups in total. The van der Waals surface area contributed by atoms with E-state index in [0.717, 1.165) is 35.8 Å². The lowest BCUT2D eigenvalue weighted by Crippen LogP contribution is -2.37. The van der Waals surface area contributed by atoms with Crippen LogP contribution in [0.2, 0.25) is 0 Å². The molecule has 0 saturated carbocycles. The largest absolute Gasteiger partial charge is 0.550 e. The Morgan fingerprint density at radius 1 is 1.31 bits per heavy atom. The first kappa shape index (κ1) is 18.0. The van der Waals surface area contributed by atoms with Crippen LogP contribution < -0.4 is 20.8 Å². The van der Waals surface area contributed by atoms with E-state index in [1.54, 1.807) is 19.1 Å². The number of aliphatic carboxylic acids is 1. The van der Waals surface area contributed by atoms with Gasteiger partial charge in [0.15, 0.2) is 6.10 Å². The number of benzene rings is 1. The first-order valence-corrected chi connectivity index (χ1v) is 8.68. The molecular formula is C19H20NO6-. The van der Waals surface area contributed by atoms with Crippen molar-refractivity contribution < 1.29 is 23.8 Å². The van der Waals surface area contributed by atoms with E-state index in [0.29, 0.717) is 17.8 Å². The summed E-state index contributed by atoms with van der Waals surface area (Å²) in [6.45, 7) is 1.83. The molecule has 0 unspecified atom stereocenters. The molecule has 1 aromatic carbocycles. The summed E-state index contributed by atoms with van der Waals surface area (Å²) in [4.78, 5) is 34.4. The van der Waals surface area contributed by atoms with Gasteiger partial charge in [-0.1, -0.05) is 0 Å². The maximum atomic E-state index is 12.0. The van der Waals surface area contributed by atoms with Gasteiger partial charge in [-0.3, -0.25) is 4.79 Å². The number of carboxylic acids is 1. The summed E-state index contributed by atoms with van der Waals surface area (Å²) in [5.41, 5.74) is 1.95. The number of carbonyl (C=O) groups is 2. The van der Waals surface area contributed by atoms with Gasteiger partial charge < -0.3 is 24.4 Å². The van der Waals surface area contributed by atoms with Gasteiger partial charge in [0.2, 0.25) is 0 Å². The van der Waals surface area contributed by atoms with E-state index in [2.05, 4.69) is 5.32 Å². The topological polar surface area (TPSA) is 109 Å². The van der Waals surface area contributed by atoms with Crippen molar-refractivity contribution in [3.63, 3.8) is 0 Å². The lowest BCUT2D eigenvalue weighted by molar-refractivity contribution is -0.305. The third-order valence-electron chi connectivity index (χ3n) is 4.48. The van der Waals surface area contributed by atoms with E-state index in [9.17, 15) is 19.5 Å². The second-order valence-electron chi connectivity index (χ2n) is 6.38. The zero-order valence-corrected chi connectivity index (χ0v) is 14.5. The number of hydrogen-bond donors (Lipinski definition) is 1. The maximum Gasteiger partial charge on any atom is 0.339 e. The predicted octanol–water partition coefficient (Wildman–Crippen LogP) is 0.695. The number of rotatable bonds is 7. The molecule has 7 heteroatoms. The Hall–Kier alpha value is -2.83. The lowest BCUT2D eigenvalue weighted by atomic mass is 10.1. The molecule has 2 aromatic rings. The fourth-order valence-corrected chi connectivity index (χ4v) is 3.18. The van der Waals surface area contributed by atoms with E-state index in [1.807, 2.05) is 6.07 Å². The fraction of sp³-hybridized carbons (Fsp3) is 0.421. The molecule has 1 aliphatic rings. The van der Waals surface area contributed by atoms with Gasteiger partial charge in [-0.2, -0.15) is 0 Å². The number of carbonyl (C=O) groups excluding carboxylic acids is 2. The molecule has 0 spiro atoms. The number of hydrogen-bond acceptors (Lipinski definition) is 6. The summed E-state index contributed by atoms with van der Waals surface area (Å²) < 4.78 is 11.0. The molecule has 1 atom stereocenters. The highest BCUT2D eigenvalue weighted by Gasteiger charge is 2.20. The molecule has 1 aromatic heterocycles. The van der Waals surface area contributed by atoms with Gasteiger partial charge in [0.1, 0.15) is 11.3 Å². The minimum absolute atomic E-state index is 0.108. The zero-order chi connectivity index (χ0) is 18.7. The van der Waals surface area contributed by atoms with Gasteiger partial charge in [0.25, 0.3) is 5.91 Å². The Morgan fingerprint density at radius 2 is 2.08 bits per heavy atom. The Morgan fingerprint density at radius 3 is 2.85 bits per heavy atom. The summed E-state index contributed by atoms with van der Waals surface area (Å²) in [5, 5.41) is 13.9. The van der Waals surface area contributed by atoms with E-state index in [1.165, 1.54) is 0 Å². The van der Waals surface area contributed by atoms with Gasteiger partial charge in [-0.05, 0) is 56.7 Å². The summed E-state index contributed by atoms with van der Waals surface area (Å²) in [5.74, 6) is -1.07. The van der Waals surface area contributed by atoms with Crippen LogP contribution in [0.1, 0.15) is 37.3 Å². The standard InChI is InChI=1S/C19H21NO6/c1-11(18(23)20-9-3-6-17(21)22)25-12-7-8-14-13-4-2-5-15(13)19(24)26-16(14)10-12/h7-8,10-11H,2-6,9H2,1H3,(H,20,23)(H,21,22)/p-1/t11-/m1/s1. The highest BCUT2D eigenvalue weighted by atomic mass is 16.5. The Balaban J connectivity index is 1.67. The zero-order valence-electron chi connectivity index (χ0n) is 14.5. The average Bonchev–Trinajstić information content (AvgIpc) is 3.08. The normalized spacial score (nSPS) is 14.0. The first-order valence-electron chi connectivity index (χ1n) is 8.68. The van der Waals surface area contributed by atoms with Crippen LogP contribution in [0.25, 0.3) is 11.0 Å². The third kappa shape index (κ3) is 3.87. The smallest absolute Gasteiger partial charge is 0.339 e. The molecule has 0 radical (unpaired) electrons. The minimum Gasteiger partial charge on any atom is -0.550 e. The summed E-state index contributed by atoms with van der Waals surface area (Å²) in [6.07, 6.45) is 1.99. The molecule has 26 heavy (non-hydrogen) atoms. The monoisotopic (exact) mass is 358 g/mol. The van der Waals surface area contributed by atoms with Gasteiger partial charge in [-0.25, -0.2) is 4.79 Å². The first-order chi connectivity index (χ1) is 12.5. The molecule has 0 bridgehead atoms. The van der Waals surface area contributed by atoms with Crippen molar-refractivity contribution in [2.45, 2.75) is 45.1 Å². The van der Waals surface area contributed by atoms with Crippen LogP contribution in [-0.2, 0) is 22.4 Å². The maximum absolute atomic E-state index is 12.0. The van der Waals surface area contributed by atoms with Crippen LogP contribution in [0, 0.1) is 0 Å². The van der Waals surface area contributed by atoms with Gasteiger partial charge >= 0.3 is 5.63 Å². The molecule has 3 rings (SSSR count). The SMILES string of the molecule is C[C@@H](Oc1ccc2c3c(c(=O)oc2c1)CCC3)C(=O)NCCCC(=O)[O-]. The Kier molecular flexibility index (Phi) is 5.25. The lowest BCUT2D eigenvalue weighted by Gasteiger charge is -2.15. The number of nitrogens with one attached hydrogen (secondary N) is 1. The van der Waals surface area contributed by atoms with Crippen molar-refractivity contribution in [2.75, 3.05) is 6.54 Å². The molecule has 0 fully saturated rings. The highest BCUT2D eigenvalue weighted by molar-refractivity contribution is 5.84. The molecule has 0 saturated heterocycles. The van der Waals surface area contributed by atoms with Crippen LogP contribution in [0.3, 0.4) is 0 Å². The molecule has 1 aliphatic carbocycles. The van der Waals surface area contributed by atoms with Crippen LogP contribution in [0.4, 0.5) is 0 Å². The minimum atomic E-state index is -1.15. The average molecular weight is 358 g/mol. The highest BCUT2D eigenvalue weighted by Crippen LogP contribution is 2.29. The van der Waals surface area contributed by atoms with Gasteiger partial charge in [0, 0.05) is 29.5 Å². The second kappa shape index (κ2) is 7.59. The number of amides is 1. The van der Waals surface area contributed by atoms with Gasteiger partial charge in [-0.15, -0.1) is 0 Å². The third-order valence-corrected chi connectivity index (χ3v) is 4.48. The summed E-state index contributed by atoms with van der Waals surface area (Å²) in [6, 6.07) is 5.22. The van der Waals surface area contributed by atoms with Crippen molar-refractivity contribution in [3.8, 4) is 5.75 Å². The van der Waals surface area contributed by atoms with Crippen LogP contribution in [0.5, 0.6) is 5.75 Å².